The van der Waals surface area contributed by atoms with Gasteiger partial charge in [0.05, 0.1) is 0 Å². The molecule has 0 radical (unpaired) electrons. The quantitative estimate of drug-likeness (QED) is 0.542. The van der Waals surface area contributed by atoms with E-state index in [0.29, 0.717) is 11.8 Å². The summed E-state index contributed by atoms with van der Waals surface area (Å²) in [6.45, 7) is 17.1. The second kappa shape index (κ2) is 10.1. The standard InChI is InChI=1S/C13H13.C8H11.C2H6Si.2ClH.Zr/c1-10-8-11(2)13(9-10)12-6-4-3-5-7-12;1-6-4-7(2)8(3)5-6;1-3-2;;;/h3-7,9-10H,1-2H3;4,6H,1-3H3;1-2H3;2*1H;/q;;;;;+2/p-2. The van der Waals surface area contributed by atoms with E-state index in [2.05, 4.69) is 90.2 Å². The van der Waals surface area contributed by atoms with Gasteiger partial charge in [-0.3, -0.25) is 0 Å². The summed E-state index contributed by atoms with van der Waals surface area (Å²) in [6, 6.07) is 11.0. The first kappa shape index (κ1) is 24.9. The zero-order valence-corrected chi connectivity index (χ0v) is 22.4. The molecule has 0 spiro atoms. The Labute approximate surface area is 185 Å². The number of hydrogen-bond donors (Lipinski definition) is 0. The molecule has 0 amide bonds. The van der Waals surface area contributed by atoms with Crippen molar-refractivity contribution in [3.8, 4) is 0 Å². The average Bonchev–Trinajstić information content (AvgIpc) is 2.99. The number of allylic oxidation sites excluding steroid dienone is 8. The van der Waals surface area contributed by atoms with Crippen molar-refractivity contribution in [3.05, 3.63) is 71.3 Å². The van der Waals surface area contributed by atoms with E-state index in [4.69, 9.17) is 0 Å². The fourth-order valence-corrected chi connectivity index (χ4v) is 24.5. The van der Waals surface area contributed by atoms with Gasteiger partial charge in [0.15, 0.2) is 0 Å². The second-order valence-electron chi connectivity index (χ2n) is 7.83. The summed E-state index contributed by atoms with van der Waals surface area (Å²) in [6.07, 6.45) is 5.05. The summed E-state index contributed by atoms with van der Waals surface area (Å²) in [4.78, 5) is 0. The van der Waals surface area contributed by atoms with Crippen LogP contribution in [0, 0.1) is 11.8 Å². The van der Waals surface area contributed by atoms with Crippen LogP contribution >= 0.6 is 0 Å². The molecule has 1 aromatic carbocycles. The minimum absolute atomic E-state index is 0. The van der Waals surface area contributed by atoms with E-state index >= 15 is 0 Å². The number of benzene rings is 1. The second-order valence-corrected chi connectivity index (χ2v) is 24.6. The van der Waals surface area contributed by atoms with Crippen LogP contribution in [0.1, 0.15) is 40.2 Å². The van der Waals surface area contributed by atoms with E-state index in [1.165, 1.54) is 16.7 Å². The van der Waals surface area contributed by atoms with E-state index in [1.807, 2.05) is 6.56 Å². The van der Waals surface area contributed by atoms with E-state index in [-0.39, 0.29) is 30.2 Å². The average molecular weight is 497 g/mol. The van der Waals surface area contributed by atoms with Crippen molar-refractivity contribution in [2.45, 2.75) is 47.7 Å². The fraction of sp³-hybridized carbons (Fsp3) is 0.391. The van der Waals surface area contributed by atoms with Gasteiger partial charge in [-0.1, -0.05) is 0 Å². The van der Waals surface area contributed by atoms with E-state index in [0.717, 1.165) is 0 Å². The summed E-state index contributed by atoms with van der Waals surface area (Å²) in [5.41, 5.74) is 7.38. The van der Waals surface area contributed by atoms with E-state index in [1.54, 1.807) is 11.1 Å². The molecule has 0 aliphatic heterocycles. The first-order valence-corrected chi connectivity index (χ1v) is 18.0. The third kappa shape index (κ3) is 4.72. The predicted molar refractivity (Wildman–Crippen MR) is 109 cm³/mol. The third-order valence-corrected chi connectivity index (χ3v) is 24.0. The summed E-state index contributed by atoms with van der Waals surface area (Å²) in [7, 11) is 0. The molecule has 0 saturated heterocycles. The van der Waals surface area contributed by atoms with Crippen molar-refractivity contribution in [2.75, 3.05) is 0 Å². The maximum Gasteiger partial charge on any atom is -1.00 e. The maximum atomic E-state index is 2.58. The first-order chi connectivity index (χ1) is 11.8. The monoisotopic (exact) mass is 494 g/mol. The first-order valence-electron chi connectivity index (χ1n) is 9.39. The van der Waals surface area contributed by atoms with E-state index in [9.17, 15) is 0 Å². The van der Waals surface area contributed by atoms with Crippen molar-refractivity contribution in [2.24, 2.45) is 11.8 Å². The van der Waals surface area contributed by atoms with Crippen molar-refractivity contribution in [1.82, 2.24) is 0 Å². The molecule has 0 N–H and O–H groups in total. The van der Waals surface area contributed by atoms with Gasteiger partial charge in [0, 0.05) is 0 Å². The van der Waals surface area contributed by atoms with Crippen LogP contribution in [-0.4, -0.2) is 5.43 Å². The normalized spacial score (nSPS) is 21.1. The summed E-state index contributed by atoms with van der Waals surface area (Å²) in [5.74, 6) is 1.29. The van der Waals surface area contributed by atoms with Gasteiger partial charge in [0.1, 0.15) is 0 Å². The Kier molecular flexibility index (Phi) is 9.28. The molecular weight excluding hydrogens is 466 g/mol. The molecule has 0 nitrogen and oxygen atoms in total. The van der Waals surface area contributed by atoms with Gasteiger partial charge in [0.2, 0.25) is 0 Å². The zero-order valence-electron chi connectivity index (χ0n) is 17.5. The Morgan fingerprint density at radius 3 is 1.78 bits per heavy atom. The zero-order chi connectivity index (χ0) is 18.3. The topological polar surface area (TPSA) is 0 Å². The molecule has 3 rings (SSSR count). The summed E-state index contributed by atoms with van der Waals surface area (Å²) in [5, 5.41) is 0. The number of rotatable bonds is 3. The summed E-state index contributed by atoms with van der Waals surface area (Å²) < 4.78 is 3.77. The van der Waals surface area contributed by atoms with Crippen molar-refractivity contribution in [1.29, 1.82) is 0 Å². The minimum Gasteiger partial charge on any atom is -1.00 e. The smallest absolute Gasteiger partial charge is 1.00 e. The molecule has 144 valence electrons. The fourth-order valence-electron chi connectivity index (χ4n) is 4.53. The molecule has 2 aliphatic carbocycles. The molecule has 1 aromatic rings. The van der Waals surface area contributed by atoms with Gasteiger partial charge in [-0.25, -0.2) is 0 Å². The molecule has 0 bridgehead atoms. The molecule has 0 aromatic heterocycles. The largest absolute Gasteiger partial charge is 1.00 e. The van der Waals surface area contributed by atoms with Gasteiger partial charge < -0.3 is 24.8 Å². The van der Waals surface area contributed by atoms with Crippen LogP contribution in [0.4, 0.5) is 0 Å². The molecule has 27 heavy (non-hydrogen) atoms. The SMILES string of the molecule is CC1=CC(C)[C]([Zr+2]([C]2=C(C)C(c3ccccc3)=CC2C)=[Si](C)C)=C1C.[Cl-].[Cl-]. The molecule has 0 heterocycles. The third-order valence-electron chi connectivity index (χ3n) is 5.75. The van der Waals surface area contributed by atoms with Crippen LogP contribution < -0.4 is 24.8 Å². The molecule has 0 fully saturated rings. The van der Waals surface area contributed by atoms with Crippen LogP contribution in [0.5, 0.6) is 0 Å². The van der Waals surface area contributed by atoms with Crippen molar-refractivity contribution < 1.29 is 45.2 Å². The van der Waals surface area contributed by atoms with Crippen molar-refractivity contribution >= 4 is 11.0 Å². The Bertz CT molecular complexity index is 869. The number of hydrogen-bond acceptors (Lipinski definition) is 0. The predicted octanol–water partition coefficient (Wildman–Crippen LogP) is 0.741. The summed E-state index contributed by atoms with van der Waals surface area (Å²) >= 11 is -1.81. The van der Waals surface area contributed by atoms with Crippen LogP contribution in [0.15, 0.2) is 65.8 Å². The van der Waals surface area contributed by atoms with Gasteiger partial charge in [-0.15, -0.1) is 0 Å². The molecule has 0 saturated carbocycles. The molecule has 2 aliphatic rings. The van der Waals surface area contributed by atoms with Gasteiger partial charge >= 0.3 is 162 Å². The molecule has 2 unspecified atom stereocenters. The molecule has 4 heteroatoms. The van der Waals surface area contributed by atoms with Crippen LogP contribution in [-0.2, 0) is 20.4 Å². The van der Waals surface area contributed by atoms with Gasteiger partial charge in [0.25, 0.3) is 0 Å². The maximum absolute atomic E-state index is 2.58. The van der Waals surface area contributed by atoms with Crippen LogP contribution in [0.2, 0.25) is 13.1 Å². The van der Waals surface area contributed by atoms with Gasteiger partial charge in [-0.05, 0) is 0 Å². The van der Waals surface area contributed by atoms with Crippen LogP contribution in [0.3, 0.4) is 0 Å². The van der Waals surface area contributed by atoms with Gasteiger partial charge in [-0.2, -0.15) is 0 Å². The minimum atomic E-state index is -1.81. The Balaban J connectivity index is 0.00000182. The Morgan fingerprint density at radius 2 is 1.30 bits per heavy atom. The van der Waals surface area contributed by atoms with Crippen LogP contribution in [0.25, 0.3) is 5.57 Å². The Morgan fingerprint density at radius 1 is 0.778 bits per heavy atom. The van der Waals surface area contributed by atoms with E-state index < -0.39 is 20.4 Å². The molecule has 2 atom stereocenters. The number of halogens is 2. The Hall–Kier alpha value is -0.140. The van der Waals surface area contributed by atoms with Crippen molar-refractivity contribution in [3.63, 3.8) is 0 Å². The molecular formula is C23H30Cl2SiZr.